The number of carbonyl (C=O) groups excluding carboxylic acids is 1. The number of nitrogens with one attached hydrogen (secondary N) is 1. The van der Waals surface area contributed by atoms with Crippen molar-refractivity contribution in [1.29, 1.82) is 0 Å². The average molecular weight is 399 g/mol. The van der Waals surface area contributed by atoms with E-state index in [1.165, 1.54) is 11.1 Å². The van der Waals surface area contributed by atoms with Crippen LogP contribution < -0.4 is 5.32 Å². The molecule has 2 aromatic carbocycles. The smallest absolute Gasteiger partial charge is 0.224 e. The second kappa shape index (κ2) is 7.30. The van der Waals surface area contributed by atoms with Crippen LogP contribution in [0.2, 0.25) is 0 Å². The predicted octanol–water partition coefficient (Wildman–Crippen LogP) is 3.94. The van der Waals surface area contributed by atoms with Crippen molar-refractivity contribution in [3.63, 3.8) is 0 Å². The van der Waals surface area contributed by atoms with Crippen molar-refractivity contribution in [3.05, 3.63) is 70.2 Å². The Morgan fingerprint density at radius 1 is 1.16 bits per heavy atom. The maximum atomic E-state index is 12.6. The Balaban J connectivity index is 1.27. The first-order valence-electron chi connectivity index (χ1n) is 9.01. The van der Waals surface area contributed by atoms with E-state index in [0.717, 1.165) is 36.9 Å². The number of amides is 1. The van der Waals surface area contributed by atoms with E-state index < -0.39 is 0 Å². The minimum Gasteiger partial charge on any atom is -0.352 e. The molecule has 1 heterocycles. The number of hydrogen-bond acceptors (Lipinski definition) is 2. The molecular weight excluding hydrogens is 376 g/mol. The lowest BCUT2D eigenvalue weighted by Gasteiger charge is -2.17. The summed E-state index contributed by atoms with van der Waals surface area (Å²) in [6.07, 6.45) is 2.02. The third-order valence-electron chi connectivity index (χ3n) is 5.27. The predicted molar refractivity (Wildman–Crippen MR) is 103 cm³/mol. The molecule has 4 rings (SSSR count). The van der Waals surface area contributed by atoms with Gasteiger partial charge in [-0.2, -0.15) is 0 Å². The van der Waals surface area contributed by atoms with E-state index >= 15 is 0 Å². The van der Waals surface area contributed by atoms with Crippen molar-refractivity contribution >= 4 is 21.8 Å². The van der Waals surface area contributed by atoms with Gasteiger partial charge in [-0.15, -0.1) is 0 Å². The van der Waals surface area contributed by atoms with Crippen molar-refractivity contribution in [2.45, 2.75) is 31.3 Å². The molecule has 0 radical (unpaired) electrons. The van der Waals surface area contributed by atoms with Crippen LogP contribution in [0.25, 0.3) is 0 Å². The van der Waals surface area contributed by atoms with Gasteiger partial charge in [-0.1, -0.05) is 58.4 Å². The van der Waals surface area contributed by atoms with Gasteiger partial charge in [0.05, 0.1) is 0 Å². The van der Waals surface area contributed by atoms with E-state index in [4.69, 9.17) is 0 Å². The number of carbonyl (C=O) groups is 1. The third-order valence-corrected chi connectivity index (χ3v) is 5.77. The molecule has 2 aromatic rings. The van der Waals surface area contributed by atoms with Gasteiger partial charge in [0.25, 0.3) is 0 Å². The molecule has 3 nitrogen and oxygen atoms in total. The molecule has 3 unspecified atom stereocenters. The minimum absolute atomic E-state index is 0.150. The fraction of sp³-hybridized carbons (Fsp3) is 0.381. The SMILES string of the molecule is O=C(NC1CCN(Cc2ccccc2)C1)C1CC1c1cccc(Br)c1. The van der Waals surface area contributed by atoms with Crippen LogP contribution in [0.3, 0.4) is 0 Å². The first-order valence-corrected chi connectivity index (χ1v) is 9.80. The van der Waals surface area contributed by atoms with Crippen LogP contribution in [-0.4, -0.2) is 29.9 Å². The minimum atomic E-state index is 0.150. The molecule has 2 fully saturated rings. The summed E-state index contributed by atoms with van der Waals surface area (Å²) in [5, 5.41) is 3.28. The van der Waals surface area contributed by atoms with Crippen LogP contribution in [0.5, 0.6) is 0 Å². The number of benzene rings is 2. The summed E-state index contributed by atoms with van der Waals surface area (Å²) in [5.74, 6) is 0.772. The molecule has 3 atom stereocenters. The fourth-order valence-corrected chi connectivity index (χ4v) is 4.25. The van der Waals surface area contributed by atoms with Crippen molar-refractivity contribution in [2.75, 3.05) is 13.1 Å². The number of rotatable bonds is 5. The lowest BCUT2D eigenvalue weighted by atomic mass is 10.1. The maximum absolute atomic E-state index is 12.6. The zero-order chi connectivity index (χ0) is 17.2. The highest BCUT2D eigenvalue weighted by molar-refractivity contribution is 9.10. The highest BCUT2D eigenvalue weighted by Crippen LogP contribution is 2.48. The van der Waals surface area contributed by atoms with Gasteiger partial charge in [0.15, 0.2) is 0 Å². The average Bonchev–Trinajstić information content (AvgIpc) is 3.31. The number of hydrogen-bond donors (Lipinski definition) is 1. The van der Waals surface area contributed by atoms with E-state index in [2.05, 4.69) is 62.5 Å². The lowest BCUT2D eigenvalue weighted by molar-refractivity contribution is -0.123. The summed E-state index contributed by atoms with van der Waals surface area (Å²) in [4.78, 5) is 15.0. The number of halogens is 1. The molecule has 0 aromatic heterocycles. The fourth-order valence-electron chi connectivity index (χ4n) is 3.83. The van der Waals surface area contributed by atoms with Gasteiger partial charge in [0, 0.05) is 36.1 Å². The maximum Gasteiger partial charge on any atom is 0.224 e. The first kappa shape index (κ1) is 16.8. The standard InChI is InChI=1S/C21H23BrN2O/c22-17-8-4-7-16(11-17)19-12-20(19)21(25)23-18-9-10-24(14-18)13-15-5-2-1-3-6-15/h1-8,11,18-20H,9-10,12-14H2,(H,23,25). The van der Waals surface area contributed by atoms with Crippen molar-refractivity contribution in [3.8, 4) is 0 Å². The first-order chi connectivity index (χ1) is 12.2. The molecule has 130 valence electrons. The molecule has 0 bridgehead atoms. The van der Waals surface area contributed by atoms with Crippen LogP contribution in [-0.2, 0) is 11.3 Å². The Labute approximate surface area is 157 Å². The lowest BCUT2D eigenvalue weighted by Crippen LogP contribution is -2.38. The molecule has 1 N–H and O–H groups in total. The molecular formula is C21H23BrN2O. The molecule has 1 saturated heterocycles. The van der Waals surface area contributed by atoms with E-state index in [9.17, 15) is 4.79 Å². The Bertz CT molecular complexity index is 749. The highest BCUT2D eigenvalue weighted by Gasteiger charge is 2.44. The van der Waals surface area contributed by atoms with Crippen molar-refractivity contribution in [1.82, 2.24) is 10.2 Å². The van der Waals surface area contributed by atoms with Crippen LogP contribution in [0.4, 0.5) is 0 Å². The molecule has 0 spiro atoms. The van der Waals surface area contributed by atoms with Crippen LogP contribution >= 0.6 is 15.9 Å². The third kappa shape index (κ3) is 4.13. The van der Waals surface area contributed by atoms with Gasteiger partial charge < -0.3 is 5.32 Å². The van der Waals surface area contributed by atoms with Gasteiger partial charge >= 0.3 is 0 Å². The van der Waals surface area contributed by atoms with Crippen LogP contribution in [0.1, 0.15) is 29.9 Å². The largest absolute Gasteiger partial charge is 0.352 e. The Hall–Kier alpha value is -1.65. The van der Waals surface area contributed by atoms with Gasteiger partial charge in [0.1, 0.15) is 0 Å². The zero-order valence-corrected chi connectivity index (χ0v) is 15.8. The topological polar surface area (TPSA) is 32.3 Å². The number of likely N-dealkylation sites (tertiary alicyclic amines) is 1. The Morgan fingerprint density at radius 3 is 2.80 bits per heavy atom. The number of nitrogens with zero attached hydrogens (tertiary/aromatic N) is 1. The Morgan fingerprint density at radius 2 is 2.00 bits per heavy atom. The molecule has 1 saturated carbocycles. The van der Waals surface area contributed by atoms with E-state index in [1.807, 2.05) is 18.2 Å². The van der Waals surface area contributed by atoms with Gasteiger partial charge in [-0.05, 0) is 42.0 Å². The second-order valence-corrected chi connectivity index (χ2v) is 8.13. The molecule has 1 aliphatic carbocycles. The van der Waals surface area contributed by atoms with Crippen LogP contribution in [0.15, 0.2) is 59.1 Å². The summed E-state index contributed by atoms with van der Waals surface area (Å²) >= 11 is 3.51. The summed E-state index contributed by atoms with van der Waals surface area (Å²) in [6.45, 7) is 2.98. The quantitative estimate of drug-likeness (QED) is 0.826. The van der Waals surface area contributed by atoms with E-state index in [1.54, 1.807) is 0 Å². The van der Waals surface area contributed by atoms with E-state index in [-0.39, 0.29) is 11.8 Å². The van der Waals surface area contributed by atoms with Gasteiger partial charge in [-0.3, -0.25) is 9.69 Å². The Kier molecular flexibility index (Phi) is 4.91. The molecule has 25 heavy (non-hydrogen) atoms. The van der Waals surface area contributed by atoms with Crippen LogP contribution in [0, 0.1) is 5.92 Å². The molecule has 4 heteroatoms. The van der Waals surface area contributed by atoms with Crippen molar-refractivity contribution < 1.29 is 4.79 Å². The highest BCUT2D eigenvalue weighted by atomic mass is 79.9. The summed E-state index contributed by atoms with van der Waals surface area (Å²) < 4.78 is 1.09. The normalized spacial score (nSPS) is 25.7. The summed E-state index contributed by atoms with van der Waals surface area (Å²) in [5.41, 5.74) is 2.61. The van der Waals surface area contributed by atoms with Gasteiger partial charge in [-0.25, -0.2) is 0 Å². The zero-order valence-electron chi connectivity index (χ0n) is 14.2. The van der Waals surface area contributed by atoms with E-state index in [0.29, 0.717) is 12.0 Å². The second-order valence-electron chi connectivity index (χ2n) is 7.22. The molecule has 1 aliphatic heterocycles. The van der Waals surface area contributed by atoms with Gasteiger partial charge in [0.2, 0.25) is 5.91 Å². The summed E-state index contributed by atoms with van der Waals surface area (Å²) in [7, 11) is 0. The molecule has 1 amide bonds. The summed E-state index contributed by atoms with van der Waals surface area (Å²) in [6, 6.07) is 19.2. The monoisotopic (exact) mass is 398 g/mol. The van der Waals surface area contributed by atoms with Crippen molar-refractivity contribution in [2.24, 2.45) is 5.92 Å². The molecule has 2 aliphatic rings.